The predicted molar refractivity (Wildman–Crippen MR) is 76.9 cm³/mol. The molecule has 2 aromatic rings. The lowest BCUT2D eigenvalue weighted by molar-refractivity contribution is 0.898. The number of thiophene rings is 1. The predicted octanol–water partition coefficient (Wildman–Crippen LogP) is 4.79. The van der Waals surface area contributed by atoms with Gasteiger partial charge < -0.3 is 5.32 Å². The lowest BCUT2D eigenvalue weighted by Gasteiger charge is -2.18. The van der Waals surface area contributed by atoms with Crippen molar-refractivity contribution in [2.75, 3.05) is 5.32 Å². The number of rotatable bonds is 4. The topological polar surface area (TPSA) is 12.0 Å². The quantitative estimate of drug-likeness (QED) is 0.816. The van der Waals surface area contributed by atoms with Gasteiger partial charge in [-0.05, 0) is 42.8 Å². The van der Waals surface area contributed by atoms with Crippen LogP contribution in [0.5, 0.6) is 0 Å². The molecule has 0 fully saturated rings. The highest BCUT2D eigenvalue weighted by Crippen LogP contribution is 2.27. The SMILES string of the molecule is CCc1cccc(C)c1NC(C)c1cccs1. The van der Waals surface area contributed by atoms with Crippen LogP contribution >= 0.6 is 11.3 Å². The number of nitrogens with one attached hydrogen (secondary N) is 1. The van der Waals surface area contributed by atoms with Gasteiger partial charge in [-0.15, -0.1) is 11.3 Å². The molecule has 1 nitrogen and oxygen atoms in total. The van der Waals surface area contributed by atoms with E-state index in [0.717, 1.165) is 6.42 Å². The average molecular weight is 245 g/mol. The fraction of sp³-hybridized carbons (Fsp3) is 0.333. The molecular formula is C15H19NS. The van der Waals surface area contributed by atoms with Crippen molar-refractivity contribution in [2.45, 2.75) is 33.2 Å². The molecule has 1 N–H and O–H groups in total. The van der Waals surface area contributed by atoms with Crippen LogP contribution in [-0.2, 0) is 6.42 Å². The fourth-order valence-corrected chi connectivity index (χ4v) is 2.79. The van der Waals surface area contributed by atoms with Gasteiger partial charge in [0.2, 0.25) is 0 Å². The minimum absolute atomic E-state index is 0.376. The number of benzene rings is 1. The zero-order valence-corrected chi connectivity index (χ0v) is 11.5. The van der Waals surface area contributed by atoms with E-state index in [-0.39, 0.29) is 0 Å². The Labute approximate surface area is 108 Å². The summed E-state index contributed by atoms with van der Waals surface area (Å²) in [5, 5.41) is 5.77. The summed E-state index contributed by atoms with van der Waals surface area (Å²) in [5.41, 5.74) is 4.03. The van der Waals surface area contributed by atoms with Crippen LogP contribution < -0.4 is 5.32 Å². The monoisotopic (exact) mass is 245 g/mol. The highest BCUT2D eigenvalue weighted by atomic mass is 32.1. The second kappa shape index (κ2) is 5.37. The van der Waals surface area contributed by atoms with E-state index in [2.05, 4.69) is 61.8 Å². The molecule has 0 spiro atoms. The summed E-state index contributed by atoms with van der Waals surface area (Å²) in [6, 6.07) is 11.2. The molecule has 1 aromatic heterocycles. The second-order valence-corrected chi connectivity index (χ2v) is 5.32. The summed E-state index contributed by atoms with van der Waals surface area (Å²) in [4.78, 5) is 1.38. The van der Waals surface area contributed by atoms with Crippen LogP contribution in [-0.4, -0.2) is 0 Å². The fourth-order valence-electron chi connectivity index (χ4n) is 2.05. The Hall–Kier alpha value is -1.28. The van der Waals surface area contributed by atoms with E-state index in [4.69, 9.17) is 0 Å². The summed E-state index contributed by atoms with van der Waals surface area (Å²) in [6.45, 7) is 6.59. The first-order chi connectivity index (χ1) is 8.22. The third-order valence-electron chi connectivity index (χ3n) is 3.07. The summed E-state index contributed by atoms with van der Waals surface area (Å²) in [6.07, 6.45) is 1.07. The molecule has 0 radical (unpaired) electrons. The number of para-hydroxylation sites is 1. The van der Waals surface area contributed by atoms with E-state index >= 15 is 0 Å². The molecule has 0 aliphatic carbocycles. The molecule has 0 saturated carbocycles. The van der Waals surface area contributed by atoms with Crippen molar-refractivity contribution in [3.63, 3.8) is 0 Å². The van der Waals surface area contributed by atoms with E-state index in [1.54, 1.807) is 0 Å². The molecule has 0 aliphatic heterocycles. The third-order valence-corrected chi connectivity index (χ3v) is 4.13. The zero-order valence-electron chi connectivity index (χ0n) is 10.7. The Bertz CT molecular complexity index is 474. The van der Waals surface area contributed by atoms with Crippen molar-refractivity contribution < 1.29 is 0 Å². The van der Waals surface area contributed by atoms with Crippen molar-refractivity contribution in [1.82, 2.24) is 0 Å². The van der Waals surface area contributed by atoms with Crippen LogP contribution in [0.3, 0.4) is 0 Å². The van der Waals surface area contributed by atoms with Crippen molar-refractivity contribution in [1.29, 1.82) is 0 Å². The maximum atomic E-state index is 3.64. The molecule has 1 aromatic carbocycles. The molecule has 1 atom stereocenters. The zero-order chi connectivity index (χ0) is 12.3. The van der Waals surface area contributed by atoms with Gasteiger partial charge in [-0.2, -0.15) is 0 Å². The smallest absolute Gasteiger partial charge is 0.0578 e. The van der Waals surface area contributed by atoms with Gasteiger partial charge in [0.1, 0.15) is 0 Å². The second-order valence-electron chi connectivity index (χ2n) is 4.34. The highest BCUT2D eigenvalue weighted by molar-refractivity contribution is 7.10. The van der Waals surface area contributed by atoms with Crippen molar-refractivity contribution in [3.8, 4) is 0 Å². The van der Waals surface area contributed by atoms with Crippen LogP contribution in [0.25, 0.3) is 0 Å². The Morgan fingerprint density at radius 2 is 2.06 bits per heavy atom. The van der Waals surface area contributed by atoms with E-state index in [1.165, 1.54) is 21.7 Å². The summed E-state index contributed by atoms with van der Waals surface area (Å²) in [7, 11) is 0. The molecule has 0 aliphatic rings. The molecular weight excluding hydrogens is 226 g/mol. The van der Waals surface area contributed by atoms with Crippen LogP contribution in [0.4, 0.5) is 5.69 Å². The van der Waals surface area contributed by atoms with E-state index in [9.17, 15) is 0 Å². The van der Waals surface area contributed by atoms with Gasteiger partial charge >= 0.3 is 0 Å². The lowest BCUT2D eigenvalue weighted by atomic mass is 10.0. The molecule has 1 heterocycles. The number of aryl methyl sites for hydroxylation is 2. The Kier molecular flexibility index (Phi) is 3.85. The molecule has 0 saturated heterocycles. The Morgan fingerprint density at radius 1 is 1.24 bits per heavy atom. The number of anilines is 1. The van der Waals surface area contributed by atoms with E-state index in [1.807, 2.05) is 11.3 Å². The highest BCUT2D eigenvalue weighted by Gasteiger charge is 2.10. The average Bonchev–Trinajstić information content (AvgIpc) is 2.85. The molecule has 1 unspecified atom stereocenters. The van der Waals surface area contributed by atoms with Crippen LogP contribution in [0.15, 0.2) is 35.7 Å². The molecule has 2 rings (SSSR count). The van der Waals surface area contributed by atoms with Gasteiger partial charge in [0.25, 0.3) is 0 Å². The maximum Gasteiger partial charge on any atom is 0.0578 e. The molecule has 17 heavy (non-hydrogen) atoms. The van der Waals surface area contributed by atoms with Crippen LogP contribution in [0, 0.1) is 6.92 Å². The van der Waals surface area contributed by atoms with Crippen LogP contribution in [0.2, 0.25) is 0 Å². The molecule has 0 amide bonds. The van der Waals surface area contributed by atoms with Crippen molar-refractivity contribution >= 4 is 17.0 Å². The summed E-state index contributed by atoms with van der Waals surface area (Å²) in [5.74, 6) is 0. The molecule has 2 heteroatoms. The van der Waals surface area contributed by atoms with E-state index in [0.29, 0.717) is 6.04 Å². The van der Waals surface area contributed by atoms with Crippen LogP contribution in [0.1, 0.15) is 35.9 Å². The maximum absolute atomic E-state index is 3.64. The minimum Gasteiger partial charge on any atom is -0.377 e. The normalized spacial score (nSPS) is 12.4. The van der Waals surface area contributed by atoms with Gasteiger partial charge in [-0.1, -0.05) is 31.2 Å². The number of hydrogen-bond donors (Lipinski definition) is 1. The molecule has 0 bridgehead atoms. The van der Waals surface area contributed by atoms with Gasteiger partial charge in [0, 0.05) is 10.6 Å². The van der Waals surface area contributed by atoms with E-state index < -0.39 is 0 Å². The first-order valence-electron chi connectivity index (χ1n) is 6.10. The molecule has 90 valence electrons. The summed E-state index contributed by atoms with van der Waals surface area (Å²) < 4.78 is 0. The standard InChI is InChI=1S/C15H19NS/c1-4-13-8-5-7-11(2)15(13)16-12(3)14-9-6-10-17-14/h5-10,12,16H,4H2,1-3H3. The first kappa shape index (κ1) is 12.2. The Morgan fingerprint density at radius 3 is 2.71 bits per heavy atom. The van der Waals surface area contributed by atoms with Gasteiger partial charge in [0.15, 0.2) is 0 Å². The third kappa shape index (κ3) is 2.70. The minimum atomic E-state index is 0.376. The van der Waals surface area contributed by atoms with Gasteiger partial charge in [-0.3, -0.25) is 0 Å². The number of hydrogen-bond acceptors (Lipinski definition) is 2. The largest absolute Gasteiger partial charge is 0.377 e. The first-order valence-corrected chi connectivity index (χ1v) is 6.98. The van der Waals surface area contributed by atoms with Gasteiger partial charge in [0.05, 0.1) is 6.04 Å². The lowest BCUT2D eigenvalue weighted by Crippen LogP contribution is -2.08. The van der Waals surface area contributed by atoms with Crippen molar-refractivity contribution in [2.24, 2.45) is 0 Å². The summed E-state index contributed by atoms with van der Waals surface area (Å²) >= 11 is 1.81. The van der Waals surface area contributed by atoms with Crippen molar-refractivity contribution in [3.05, 3.63) is 51.7 Å². The Balaban J connectivity index is 2.24. The van der Waals surface area contributed by atoms with Gasteiger partial charge in [-0.25, -0.2) is 0 Å².